The van der Waals surface area contributed by atoms with Crippen LogP contribution in [-0.4, -0.2) is 67.7 Å². The third-order valence-electron chi connectivity index (χ3n) is 5.86. The first kappa shape index (κ1) is 22.2. The molecule has 0 aliphatic carbocycles. The Kier molecular flexibility index (Phi) is 6.11. The van der Waals surface area contributed by atoms with E-state index >= 15 is 0 Å². The van der Waals surface area contributed by atoms with Crippen LogP contribution in [0.15, 0.2) is 47.4 Å². The van der Waals surface area contributed by atoms with E-state index in [1.807, 2.05) is 0 Å². The Morgan fingerprint density at radius 2 is 1.62 bits per heavy atom. The van der Waals surface area contributed by atoms with Crippen LogP contribution in [0.2, 0.25) is 0 Å². The molecule has 2 heterocycles. The smallest absolute Gasteiger partial charge is 0.293 e. The molecule has 9 nitrogen and oxygen atoms in total. The maximum Gasteiger partial charge on any atom is 0.293 e. The second-order valence-electron chi connectivity index (χ2n) is 7.78. The average molecular weight is 463 g/mol. The van der Waals surface area contributed by atoms with Crippen molar-refractivity contribution in [3.63, 3.8) is 0 Å². The van der Waals surface area contributed by atoms with E-state index in [2.05, 4.69) is 0 Å². The summed E-state index contributed by atoms with van der Waals surface area (Å²) >= 11 is 0. The first-order chi connectivity index (χ1) is 15.3. The Morgan fingerprint density at radius 1 is 0.969 bits per heavy atom. The number of piperazine rings is 1. The van der Waals surface area contributed by atoms with E-state index in [-0.39, 0.29) is 29.2 Å². The second kappa shape index (κ2) is 8.83. The van der Waals surface area contributed by atoms with Crippen LogP contribution in [0.5, 0.6) is 0 Å². The number of nitrogens with zero attached hydrogens (tertiary/aromatic N) is 4. The quantitative estimate of drug-likeness (QED) is 0.500. The van der Waals surface area contributed by atoms with Gasteiger partial charge in [-0.25, -0.2) is 12.8 Å². The number of carbonyl (C=O) groups is 1. The van der Waals surface area contributed by atoms with E-state index in [0.29, 0.717) is 31.9 Å². The predicted molar refractivity (Wildman–Crippen MR) is 116 cm³/mol. The van der Waals surface area contributed by atoms with Crippen molar-refractivity contribution in [3.05, 3.63) is 64.0 Å². The van der Waals surface area contributed by atoms with Gasteiger partial charge in [0.15, 0.2) is 0 Å². The zero-order chi connectivity index (χ0) is 22.9. The minimum atomic E-state index is -3.77. The molecule has 0 spiro atoms. The average Bonchev–Trinajstić information content (AvgIpc) is 3.35. The number of nitro groups is 1. The van der Waals surface area contributed by atoms with Gasteiger partial charge in [-0.2, -0.15) is 4.31 Å². The van der Waals surface area contributed by atoms with E-state index < -0.39 is 26.7 Å². The van der Waals surface area contributed by atoms with Crippen molar-refractivity contribution in [2.45, 2.75) is 17.7 Å². The molecule has 0 saturated carbocycles. The molecule has 32 heavy (non-hydrogen) atoms. The SMILES string of the molecule is O=C(c1ccccc1F)N1CCN(c2ccc(S(=O)(=O)N3CCCC3)cc2[N+](=O)[O-])CC1. The van der Waals surface area contributed by atoms with Gasteiger partial charge in [-0.05, 0) is 37.1 Å². The lowest BCUT2D eigenvalue weighted by molar-refractivity contribution is -0.384. The Balaban J connectivity index is 1.52. The van der Waals surface area contributed by atoms with Crippen LogP contribution in [0.1, 0.15) is 23.2 Å². The van der Waals surface area contributed by atoms with Gasteiger partial charge in [0.2, 0.25) is 10.0 Å². The molecule has 0 aromatic heterocycles. The van der Waals surface area contributed by atoms with Crippen LogP contribution < -0.4 is 4.90 Å². The highest BCUT2D eigenvalue weighted by Crippen LogP contribution is 2.33. The number of hydrogen-bond donors (Lipinski definition) is 0. The minimum Gasteiger partial charge on any atom is -0.362 e. The molecule has 11 heteroatoms. The van der Waals surface area contributed by atoms with E-state index in [9.17, 15) is 27.7 Å². The number of halogens is 1. The van der Waals surface area contributed by atoms with Crippen molar-refractivity contribution in [1.29, 1.82) is 0 Å². The fourth-order valence-corrected chi connectivity index (χ4v) is 5.65. The van der Waals surface area contributed by atoms with E-state index in [1.165, 1.54) is 39.5 Å². The second-order valence-corrected chi connectivity index (χ2v) is 9.72. The van der Waals surface area contributed by atoms with Gasteiger partial charge in [0.25, 0.3) is 11.6 Å². The van der Waals surface area contributed by atoms with Crippen molar-refractivity contribution < 1.29 is 22.5 Å². The molecule has 2 saturated heterocycles. The van der Waals surface area contributed by atoms with Gasteiger partial charge in [-0.1, -0.05) is 12.1 Å². The maximum atomic E-state index is 13.9. The minimum absolute atomic E-state index is 0.0107. The Morgan fingerprint density at radius 3 is 2.25 bits per heavy atom. The van der Waals surface area contributed by atoms with Crippen LogP contribution in [0.3, 0.4) is 0 Å². The Bertz CT molecular complexity index is 1140. The van der Waals surface area contributed by atoms with Gasteiger partial charge in [-0.3, -0.25) is 14.9 Å². The van der Waals surface area contributed by atoms with Gasteiger partial charge in [0.1, 0.15) is 11.5 Å². The Labute approximate surface area is 185 Å². The molecule has 170 valence electrons. The summed E-state index contributed by atoms with van der Waals surface area (Å²) in [5.74, 6) is -1.02. The number of carbonyl (C=O) groups excluding carboxylic acids is 1. The Hall–Kier alpha value is -3.05. The number of rotatable bonds is 5. The largest absolute Gasteiger partial charge is 0.362 e. The summed E-state index contributed by atoms with van der Waals surface area (Å²) < 4.78 is 40.9. The highest BCUT2D eigenvalue weighted by atomic mass is 32.2. The molecule has 2 aromatic rings. The van der Waals surface area contributed by atoms with Gasteiger partial charge in [0.05, 0.1) is 15.4 Å². The molecule has 0 bridgehead atoms. The third-order valence-corrected chi connectivity index (χ3v) is 7.75. The number of amides is 1. The lowest BCUT2D eigenvalue weighted by Gasteiger charge is -2.36. The van der Waals surface area contributed by atoms with Gasteiger partial charge >= 0.3 is 0 Å². The molecule has 4 rings (SSSR count). The lowest BCUT2D eigenvalue weighted by Crippen LogP contribution is -2.49. The molecule has 2 aromatic carbocycles. The third kappa shape index (κ3) is 4.17. The number of nitro benzene ring substituents is 1. The zero-order valence-electron chi connectivity index (χ0n) is 17.3. The van der Waals surface area contributed by atoms with Crippen LogP contribution in [0, 0.1) is 15.9 Å². The molecule has 2 aliphatic heterocycles. The van der Waals surface area contributed by atoms with Gasteiger partial charge < -0.3 is 9.80 Å². The van der Waals surface area contributed by atoms with Crippen molar-refractivity contribution in [2.75, 3.05) is 44.2 Å². The highest BCUT2D eigenvalue weighted by molar-refractivity contribution is 7.89. The predicted octanol–water partition coefficient (Wildman–Crippen LogP) is 2.48. The van der Waals surface area contributed by atoms with E-state index in [1.54, 1.807) is 11.0 Å². The number of benzene rings is 2. The van der Waals surface area contributed by atoms with Gasteiger partial charge in [0, 0.05) is 45.3 Å². The van der Waals surface area contributed by atoms with Crippen molar-refractivity contribution in [1.82, 2.24) is 9.21 Å². The molecular weight excluding hydrogens is 439 g/mol. The zero-order valence-corrected chi connectivity index (χ0v) is 18.1. The normalized spacial score (nSPS) is 17.5. The first-order valence-electron chi connectivity index (χ1n) is 10.4. The summed E-state index contributed by atoms with van der Waals surface area (Å²) in [6, 6.07) is 9.71. The van der Waals surface area contributed by atoms with Crippen LogP contribution in [0.4, 0.5) is 15.8 Å². The summed E-state index contributed by atoms with van der Waals surface area (Å²) in [5.41, 5.74) is -0.00378. The van der Waals surface area contributed by atoms with Crippen molar-refractivity contribution in [2.24, 2.45) is 0 Å². The van der Waals surface area contributed by atoms with Crippen LogP contribution in [0.25, 0.3) is 0 Å². The standard InChI is InChI=1S/C21H23FN4O5S/c22-18-6-2-1-5-17(18)21(27)24-13-11-23(12-14-24)19-8-7-16(15-20(19)26(28)29)32(30,31)25-9-3-4-10-25/h1-2,5-8,15H,3-4,9-14H2. The molecule has 0 atom stereocenters. The number of hydrogen-bond acceptors (Lipinski definition) is 6. The first-order valence-corrected chi connectivity index (χ1v) is 11.8. The fraction of sp³-hybridized carbons (Fsp3) is 0.381. The molecule has 0 N–H and O–H groups in total. The highest BCUT2D eigenvalue weighted by Gasteiger charge is 2.32. The topological polar surface area (TPSA) is 104 Å². The molecule has 2 aliphatic rings. The van der Waals surface area contributed by atoms with E-state index in [0.717, 1.165) is 18.9 Å². The number of anilines is 1. The molecule has 2 fully saturated rings. The maximum absolute atomic E-state index is 13.9. The fourth-order valence-electron chi connectivity index (χ4n) is 4.11. The summed E-state index contributed by atoms with van der Waals surface area (Å²) in [6.45, 7) is 1.96. The summed E-state index contributed by atoms with van der Waals surface area (Å²) in [7, 11) is -3.77. The van der Waals surface area contributed by atoms with Crippen LogP contribution in [-0.2, 0) is 10.0 Å². The summed E-state index contributed by atoms with van der Waals surface area (Å²) in [5, 5.41) is 11.7. The molecule has 0 radical (unpaired) electrons. The monoisotopic (exact) mass is 462 g/mol. The molecule has 1 amide bonds. The van der Waals surface area contributed by atoms with E-state index in [4.69, 9.17) is 0 Å². The molecule has 0 unspecified atom stereocenters. The van der Waals surface area contributed by atoms with Crippen LogP contribution >= 0.6 is 0 Å². The van der Waals surface area contributed by atoms with Gasteiger partial charge in [-0.15, -0.1) is 0 Å². The summed E-state index contributed by atoms with van der Waals surface area (Å²) in [4.78, 5) is 26.9. The number of sulfonamides is 1. The molecular formula is C21H23FN4O5S. The van der Waals surface area contributed by atoms with Crippen molar-refractivity contribution in [3.8, 4) is 0 Å². The lowest BCUT2D eigenvalue weighted by atomic mass is 10.1. The summed E-state index contributed by atoms with van der Waals surface area (Å²) in [6.07, 6.45) is 1.55. The van der Waals surface area contributed by atoms with Crippen molar-refractivity contribution >= 4 is 27.3 Å².